The van der Waals surface area contributed by atoms with Crippen molar-refractivity contribution in [2.45, 2.75) is 38.7 Å². The van der Waals surface area contributed by atoms with E-state index in [0.29, 0.717) is 31.1 Å². The van der Waals surface area contributed by atoms with E-state index in [9.17, 15) is 4.79 Å². The molecule has 6 heteroatoms. The number of benzene rings is 2. The molecule has 0 spiro atoms. The number of carbonyl (C=O) groups excluding carboxylic acids is 1. The summed E-state index contributed by atoms with van der Waals surface area (Å²) in [6, 6.07) is 15.2. The van der Waals surface area contributed by atoms with Crippen molar-refractivity contribution in [1.82, 2.24) is 14.9 Å². The Morgan fingerprint density at radius 3 is 2.53 bits per heavy atom. The zero-order valence-corrected chi connectivity index (χ0v) is 17.3. The molecular weight excluding hydrogens is 378 g/mol. The summed E-state index contributed by atoms with van der Waals surface area (Å²) in [5.41, 5.74) is 2.37. The average molecular weight is 405 g/mol. The van der Waals surface area contributed by atoms with Crippen LogP contribution in [-0.2, 0) is 0 Å². The third kappa shape index (κ3) is 4.87. The van der Waals surface area contributed by atoms with Crippen molar-refractivity contribution < 1.29 is 14.3 Å². The van der Waals surface area contributed by atoms with Crippen LogP contribution in [0, 0.1) is 0 Å². The van der Waals surface area contributed by atoms with Gasteiger partial charge in [0.1, 0.15) is 11.9 Å². The number of amides is 1. The van der Waals surface area contributed by atoms with Crippen LogP contribution in [0.15, 0.2) is 54.7 Å². The van der Waals surface area contributed by atoms with Crippen molar-refractivity contribution in [3.05, 3.63) is 60.3 Å². The lowest BCUT2D eigenvalue weighted by Crippen LogP contribution is -2.41. The number of carbonyl (C=O) groups is 1. The maximum absolute atomic E-state index is 12.8. The summed E-state index contributed by atoms with van der Waals surface area (Å²) in [4.78, 5) is 23.6. The SMILES string of the molecule is CCCCOc1ccc(C(=O)N2CCC(Oc3cnc4ccccc4n3)CC2)cc1. The van der Waals surface area contributed by atoms with Crippen LogP contribution in [0.2, 0.25) is 0 Å². The van der Waals surface area contributed by atoms with Gasteiger partial charge in [-0.1, -0.05) is 25.5 Å². The molecule has 0 unspecified atom stereocenters. The fourth-order valence-corrected chi connectivity index (χ4v) is 3.56. The Bertz CT molecular complexity index is 982. The van der Waals surface area contributed by atoms with Crippen molar-refractivity contribution in [3.8, 4) is 11.6 Å². The molecule has 1 saturated heterocycles. The fraction of sp³-hybridized carbons (Fsp3) is 0.375. The van der Waals surface area contributed by atoms with Gasteiger partial charge in [0.15, 0.2) is 0 Å². The Morgan fingerprint density at radius 2 is 1.80 bits per heavy atom. The first kappa shape index (κ1) is 20.1. The molecule has 1 amide bonds. The summed E-state index contributed by atoms with van der Waals surface area (Å²) in [7, 11) is 0. The van der Waals surface area contributed by atoms with Crippen molar-refractivity contribution in [3.63, 3.8) is 0 Å². The zero-order valence-electron chi connectivity index (χ0n) is 17.3. The van der Waals surface area contributed by atoms with Crippen LogP contribution in [0.4, 0.5) is 0 Å². The van der Waals surface area contributed by atoms with E-state index >= 15 is 0 Å². The Kier molecular flexibility index (Phi) is 6.42. The van der Waals surface area contributed by atoms with Gasteiger partial charge in [0.05, 0.1) is 23.8 Å². The van der Waals surface area contributed by atoms with Gasteiger partial charge in [-0.2, -0.15) is 0 Å². The average Bonchev–Trinajstić information content (AvgIpc) is 2.80. The molecule has 156 valence electrons. The molecule has 30 heavy (non-hydrogen) atoms. The summed E-state index contributed by atoms with van der Waals surface area (Å²) in [5, 5.41) is 0. The maximum Gasteiger partial charge on any atom is 0.253 e. The molecule has 2 heterocycles. The highest BCUT2D eigenvalue weighted by molar-refractivity contribution is 5.94. The van der Waals surface area contributed by atoms with Crippen LogP contribution in [0.1, 0.15) is 43.0 Å². The summed E-state index contributed by atoms with van der Waals surface area (Å²) in [5.74, 6) is 1.40. The van der Waals surface area contributed by atoms with E-state index < -0.39 is 0 Å². The van der Waals surface area contributed by atoms with E-state index in [1.54, 1.807) is 6.20 Å². The van der Waals surface area contributed by atoms with Crippen molar-refractivity contribution in [2.24, 2.45) is 0 Å². The van der Waals surface area contributed by atoms with Gasteiger partial charge in [0.25, 0.3) is 5.91 Å². The van der Waals surface area contributed by atoms with Gasteiger partial charge in [0.2, 0.25) is 5.88 Å². The number of para-hydroxylation sites is 2. The topological polar surface area (TPSA) is 64.5 Å². The Morgan fingerprint density at radius 1 is 1.07 bits per heavy atom. The molecule has 4 rings (SSSR count). The Labute approximate surface area is 176 Å². The second kappa shape index (κ2) is 9.57. The summed E-state index contributed by atoms with van der Waals surface area (Å²) in [6.45, 7) is 4.17. The number of aromatic nitrogens is 2. The predicted octanol–water partition coefficient (Wildman–Crippen LogP) is 4.49. The number of unbranched alkanes of at least 4 members (excludes halogenated alkanes) is 1. The third-order valence-electron chi connectivity index (χ3n) is 5.31. The molecule has 2 aromatic carbocycles. The van der Waals surface area contributed by atoms with E-state index in [4.69, 9.17) is 9.47 Å². The van der Waals surface area contributed by atoms with Gasteiger partial charge in [0, 0.05) is 31.5 Å². The lowest BCUT2D eigenvalue weighted by atomic mass is 10.1. The van der Waals surface area contributed by atoms with Gasteiger partial charge >= 0.3 is 0 Å². The molecule has 3 aromatic rings. The Hall–Kier alpha value is -3.15. The second-order valence-corrected chi connectivity index (χ2v) is 7.53. The van der Waals surface area contributed by atoms with Crippen LogP contribution in [-0.4, -0.2) is 46.6 Å². The molecule has 1 aliphatic heterocycles. The number of fused-ring (bicyclic) bond motifs is 1. The predicted molar refractivity (Wildman–Crippen MR) is 116 cm³/mol. The van der Waals surface area contributed by atoms with E-state index in [2.05, 4.69) is 16.9 Å². The molecule has 1 aliphatic rings. The van der Waals surface area contributed by atoms with Gasteiger partial charge in [-0.25, -0.2) is 9.97 Å². The fourth-order valence-electron chi connectivity index (χ4n) is 3.56. The van der Waals surface area contributed by atoms with Crippen LogP contribution in [0.3, 0.4) is 0 Å². The lowest BCUT2D eigenvalue weighted by Gasteiger charge is -2.32. The zero-order chi connectivity index (χ0) is 20.8. The first-order valence-corrected chi connectivity index (χ1v) is 10.6. The van der Waals surface area contributed by atoms with Gasteiger partial charge < -0.3 is 14.4 Å². The van der Waals surface area contributed by atoms with Crippen molar-refractivity contribution >= 4 is 16.9 Å². The number of likely N-dealkylation sites (tertiary alicyclic amines) is 1. The number of nitrogens with zero attached hydrogens (tertiary/aromatic N) is 3. The van der Waals surface area contributed by atoms with Crippen LogP contribution >= 0.6 is 0 Å². The summed E-state index contributed by atoms with van der Waals surface area (Å²) >= 11 is 0. The van der Waals surface area contributed by atoms with Crippen LogP contribution < -0.4 is 9.47 Å². The summed E-state index contributed by atoms with van der Waals surface area (Å²) < 4.78 is 11.7. The van der Waals surface area contributed by atoms with Gasteiger partial charge in [-0.05, 0) is 42.8 Å². The normalized spacial score (nSPS) is 14.6. The highest BCUT2D eigenvalue weighted by atomic mass is 16.5. The van der Waals surface area contributed by atoms with Crippen LogP contribution in [0.25, 0.3) is 11.0 Å². The number of ether oxygens (including phenoxy) is 2. The number of hydrogen-bond donors (Lipinski definition) is 0. The molecule has 6 nitrogen and oxygen atoms in total. The van der Waals surface area contributed by atoms with E-state index in [1.165, 1.54) is 0 Å². The van der Waals surface area contributed by atoms with E-state index in [0.717, 1.165) is 42.5 Å². The number of hydrogen-bond acceptors (Lipinski definition) is 5. The molecule has 0 radical (unpaired) electrons. The molecule has 0 N–H and O–H groups in total. The summed E-state index contributed by atoms with van der Waals surface area (Å²) in [6.07, 6.45) is 5.39. The minimum Gasteiger partial charge on any atom is -0.494 e. The highest BCUT2D eigenvalue weighted by Gasteiger charge is 2.25. The first-order chi connectivity index (χ1) is 14.7. The number of piperidine rings is 1. The van der Waals surface area contributed by atoms with Crippen LogP contribution in [0.5, 0.6) is 11.6 Å². The number of rotatable bonds is 7. The minimum absolute atomic E-state index is 0.0406. The maximum atomic E-state index is 12.8. The molecular formula is C24H27N3O3. The van der Waals surface area contributed by atoms with Crippen molar-refractivity contribution in [1.29, 1.82) is 0 Å². The Balaban J connectivity index is 1.29. The van der Waals surface area contributed by atoms with Gasteiger partial charge in [-0.15, -0.1) is 0 Å². The molecule has 1 aromatic heterocycles. The minimum atomic E-state index is 0.0406. The standard InChI is InChI=1S/C24H27N3O3/c1-2-3-16-29-19-10-8-18(9-11-19)24(28)27-14-12-20(13-15-27)30-23-17-25-21-6-4-5-7-22(21)26-23/h4-11,17,20H,2-3,12-16H2,1H3. The van der Waals surface area contributed by atoms with Gasteiger partial charge in [-0.3, -0.25) is 4.79 Å². The van der Waals surface area contributed by atoms with E-state index in [-0.39, 0.29) is 12.0 Å². The smallest absolute Gasteiger partial charge is 0.253 e. The lowest BCUT2D eigenvalue weighted by molar-refractivity contribution is 0.0588. The molecule has 0 saturated carbocycles. The molecule has 0 aliphatic carbocycles. The molecule has 0 bridgehead atoms. The van der Waals surface area contributed by atoms with E-state index in [1.807, 2.05) is 53.4 Å². The molecule has 1 fully saturated rings. The third-order valence-corrected chi connectivity index (χ3v) is 5.31. The quantitative estimate of drug-likeness (QED) is 0.542. The monoisotopic (exact) mass is 405 g/mol. The largest absolute Gasteiger partial charge is 0.494 e. The van der Waals surface area contributed by atoms with Crippen molar-refractivity contribution in [2.75, 3.05) is 19.7 Å². The highest BCUT2D eigenvalue weighted by Crippen LogP contribution is 2.21. The molecule has 0 atom stereocenters. The first-order valence-electron chi connectivity index (χ1n) is 10.6. The second-order valence-electron chi connectivity index (χ2n) is 7.53.